The van der Waals surface area contributed by atoms with E-state index in [1.54, 1.807) is 29.2 Å². The maximum Gasteiger partial charge on any atom is 0.255 e. The van der Waals surface area contributed by atoms with Gasteiger partial charge in [0.2, 0.25) is 5.91 Å². The van der Waals surface area contributed by atoms with Crippen LogP contribution in [-0.4, -0.2) is 44.0 Å². The summed E-state index contributed by atoms with van der Waals surface area (Å²) >= 11 is 6.06. The van der Waals surface area contributed by atoms with Crippen molar-refractivity contribution in [2.45, 2.75) is 37.5 Å². The van der Waals surface area contributed by atoms with Crippen molar-refractivity contribution in [3.05, 3.63) is 58.6 Å². The zero-order valence-electron chi connectivity index (χ0n) is 16.9. The molecule has 1 saturated heterocycles. The summed E-state index contributed by atoms with van der Waals surface area (Å²) in [6, 6.07) is 11.2. The number of carbonyl (C=O) groups is 2. The molecule has 0 spiro atoms. The van der Waals surface area contributed by atoms with Crippen molar-refractivity contribution in [1.29, 1.82) is 0 Å². The number of hydrogen-bond acceptors (Lipinski definition) is 4. The van der Waals surface area contributed by atoms with Crippen molar-refractivity contribution in [2.75, 3.05) is 24.2 Å². The van der Waals surface area contributed by atoms with Gasteiger partial charge < -0.3 is 10.2 Å². The molecule has 8 heteroatoms. The van der Waals surface area contributed by atoms with Gasteiger partial charge in [-0.3, -0.25) is 9.59 Å². The Kier molecular flexibility index (Phi) is 7.15. The van der Waals surface area contributed by atoms with Crippen molar-refractivity contribution < 1.29 is 18.0 Å². The number of aryl methyl sites for hydroxylation is 1. The molecule has 3 rings (SSSR count). The predicted octanol–water partition coefficient (Wildman–Crippen LogP) is 4.08. The molecule has 30 heavy (non-hydrogen) atoms. The van der Waals surface area contributed by atoms with Crippen LogP contribution in [0.5, 0.6) is 0 Å². The molecule has 0 aromatic heterocycles. The number of halogens is 1. The fraction of sp³-hybridized carbons (Fsp3) is 0.364. The van der Waals surface area contributed by atoms with E-state index in [1.165, 1.54) is 18.2 Å². The van der Waals surface area contributed by atoms with E-state index in [1.807, 2.05) is 6.92 Å². The van der Waals surface area contributed by atoms with Gasteiger partial charge >= 0.3 is 0 Å². The van der Waals surface area contributed by atoms with Gasteiger partial charge in [-0.2, -0.15) is 0 Å². The molecule has 0 bridgehead atoms. The maximum atomic E-state index is 12.9. The molecule has 1 heterocycles. The van der Waals surface area contributed by atoms with E-state index in [0.717, 1.165) is 24.8 Å². The van der Waals surface area contributed by atoms with Gasteiger partial charge in [0, 0.05) is 24.5 Å². The number of sulfone groups is 1. The molecule has 2 aromatic carbocycles. The molecule has 6 nitrogen and oxygen atoms in total. The van der Waals surface area contributed by atoms with Gasteiger partial charge in [-0.05, 0) is 56.5 Å². The number of nitrogens with zero attached hydrogens (tertiary/aromatic N) is 1. The van der Waals surface area contributed by atoms with Crippen molar-refractivity contribution in [2.24, 2.45) is 0 Å². The van der Waals surface area contributed by atoms with Crippen LogP contribution in [-0.2, 0) is 14.6 Å². The van der Waals surface area contributed by atoms with Crippen molar-refractivity contribution in [3.63, 3.8) is 0 Å². The first-order valence-corrected chi connectivity index (χ1v) is 12.0. The number of anilines is 1. The molecular weight excluding hydrogens is 424 g/mol. The molecule has 1 N–H and O–H groups in total. The van der Waals surface area contributed by atoms with Crippen LogP contribution >= 0.6 is 11.6 Å². The van der Waals surface area contributed by atoms with Crippen LogP contribution in [0.25, 0.3) is 0 Å². The highest BCUT2D eigenvalue weighted by molar-refractivity contribution is 7.91. The number of rotatable bonds is 6. The number of piperidine rings is 1. The lowest BCUT2D eigenvalue weighted by molar-refractivity contribution is -0.115. The van der Waals surface area contributed by atoms with Crippen LogP contribution in [0.1, 0.15) is 41.6 Å². The van der Waals surface area contributed by atoms with Gasteiger partial charge in [0.05, 0.1) is 21.9 Å². The molecule has 1 aliphatic heterocycles. The van der Waals surface area contributed by atoms with E-state index in [4.69, 9.17) is 11.6 Å². The lowest BCUT2D eigenvalue weighted by Gasteiger charge is -2.27. The number of benzene rings is 2. The third-order valence-corrected chi connectivity index (χ3v) is 7.07. The van der Waals surface area contributed by atoms with Crippen LogP contribution in [0, 0.1) is 6.92 Å². The van der Waals surface area contributed by atoms with Crippen LogP contribution in [0.4, 0.5) is 5.69 Å². The highest BCUT2D eigenvalue weighted by Gasteiger charge is 2.22. The molecular formula is C22H25ClN2O4S. The summed E-state index contributed by atoms with van der Waals surface area (Å²) in [7, 11) is -3.58. The minimum Gasteiger partial charge on any atom is -0.339 e. The molecule has 2 aromatic rings. The number of amides is 2. The summed E-state index contributed by atoms with van der Waals surface area (Å²) in [5.41, 5.74) is 1.62. The number of carbonyl (C=O) groups excluding carboxylic acids is 2. The summed E-state index contributed by atoms with van der Waals surface area (Å²) < 4.78 is 24.9. The van der Waals surface area contributed by atoms with Gasteiger partial charge in [-0.15, -0.1) is 0 Å². The average Bonchev–Trinajstić information content (AvgIpc) is 2.73. The summed E-state index contributed by atoms with van der Waals surface area (Å²) in [5.74, 6) is -0.965. The lowest BCUT2D eigenvalue weighted by Crippen LogP contribution is -2.36. The Morgan fingerprint density at radius 2 is 1.70 bits per heavy atom. The van der Waals surface area contributed by atoms with Crippen molar-refractivity contribution in [1.82, 2.24) is 4.90 Å². The summed E-state index contributed by atoms with van der Waals surface area (Å²) in [4.78, 5) is 27.3. The van der Waals surface area contributed by atoms with E-state index in [-0.39, 0.29) is 23.0 Å². The molecule has 0 saturated carbocycles. The smallest absolute Gasteiger partial charge is 0.255 e. The standard InChI is InChI=1S/C22H25ClN2O4S/c1-16-5-8-18(9-6-16)30(28,29)14-11-21(26)24-20-15-17(23)7-10-19(20)22(27)25-12-3-2-4-13-25/h5-10,15H,2-4,11-14H2,1H3,(H,24,26). The Balaban J connectivity index is 1.69. The SMILES string of the molecule is Cc1ccc(S(=O)(=O)CCC(=O)Nc2cc(Cl)ccc2C(=O)N2CCCCC2)cc1. The van der Waals surface area contributed by atoms with Crippen LogP contribution in [0.3, 0.4) is 0 Å². The highest BCUT2D eigenvalue weighted by Crippen LogP contribution is 2.24. The van der Waals surface area contributed by atoms with Gasteiger partial charge in [-0.1, -0.05) is 29.3 Å². The zero-order valence-corrected chi connectivity index (χ0v) is 18.4. The van der Waals surface area contributed by atoms with Crippen molar-refractivity contribution in [3.8, 4) is 0 Å². The first-order chi connectivity index (χ1) is 14.3. The maximum absolute atomic E-state index is 12.9. The second-order valence-corrected chi connectivity index (χ2v) is 10.0. The molecule has 0 radical (unpaired) electrons. The second kappa shape index (κ2) is 9.62. The fourth-order valence-electron chi connectivity index (χ4n) is 3.38. The Morgan fingerprint density at radius 3 is 2.37 bits per heavy atom. The summed E-state index contributed by atoms with van der Waals surface area (Å²) in [6.07, 6.45) is 2.79. The van der Waals surface area contributed by atoms with Crippen LogP contribution in [0.15, 0.2) is 47.4 Å². The van der Waals surface area contributed by atoms with E-state index in [2.05, 4.69) is 5.32 Å². The van der Waals surface area contributed by atoms with Gasteiger partial charge in [0.1, 0.15) is 0 Å². The van der Waals surface area contributed by atoms with Gasteiger partial charge in [-0.25, -0.2) is 8.42 Å². The quantitative estimate of drug-likeness (QED) is 0.721. The predicted molar refractivity (Wildman–Crippen MR) is 118 cm³/mol. The molecule has 0 unspecified atom stereocenters. The molecule has 160 valence electrons. The Labute approximate surface area is 182 Å². The number of nitrogens with one attached hydrogen (secondary N) is 1. The minimum atomic E-state index is -3.58. The molecule has 2 amide bonds. The zero-order chi connectivity index (χ0) is 21.7. The molecule has 0 aliphatic carbocycles. The molecule has 0 atom stereocenters. The normalized spacial score (nSPS) is 14.4. The highest BCUT2D eigenvalue weighted by atomic mass is 35.5. The van der Waals surface area contributed by atoms with Crippen LogP contribution < -0.4 is 5.32 Å². The molecule has 1 aliphatic rings. The third kappa shape index (κ3) is 5.61. The third-order valence-electron chi connectivity index (χ3n) is 5.11. The Morgan fingerprint density at radius 1 is 1.03 bits per heavy atom. The van der Waals surface area contributed by atoms with E-state index in [9.17, 15) is 18.0 Å². The lowest BCUT2D eigenvalue weighted by atomic mass is 10.1. The summed E-state index contributed by atoms with van der Waals surface area (Å²) in [6.45, 7) is 3.24. The average molecular weight is 449 g/mol. The topological polar surface area (TPSA) is 83.5 Å². The van der Waals surface area contributed by atoms with Gasteiger partial charge in [0.25, 0.3) is 5.91 Å². The largest absolute Gasteiger partial charge is 0.339 e. The van der Waals surface area contributed by atoms with E-state index < -0.39 is 15.7 Å². The first-order valence-electron chi connectivity index (χ1n) is 9.94. The van der Waals surface area contributed by atoms with Crippen LogP contribution in [0.2, 0.25) is 5.02 Å². The Hall–Kier alpha value is -2.38. The minimum absolute atomic E-state index is 0.158. The molecule has 1 fully saturated rings. The second-order valence-electron chi connectivity index (χ2n) is 7.47. The fourth-order valence-corrected chi connectivity index (χ4v) is 4.79. The van der Waals surface area contributed by atoms with E-state index in [0.29, 0.717) is 29.4 Å². The summed E-state index contributed by atoms with van der Waals surface area (Å²) in [5, 5.41) is 3.05. The monoisotopic (exact) mass is 448 g/mol. The van der Waals surface area contributed by atoms with E-state index >= 15 is 0 Å². The van der Waals surface area contributed by atoms with Gasteiger partial charge in [0.15, 0.2) is 9.84 Å². The first kappa shape index (κ1) is 22.3. The number of likely N-dealkylation sites (tertiary alicyclic amines) is 1. The number of hydrogen-bond donors (Lipinski definition) is 1. The van der Waals surface area contributed by atoms with Crippen molar-refractivity contribution >= 4 is 38.9 Å². The Bertz CT molecular complexity index is 1030.